The maximum atomic E-state index is 12.7. The molecule has 0 radical (unpaired) electrons. The summed E-state index contributed by atoms with van der Waals surface area (Å²) in [6.07, 6.45) is 2.75. The first-order valence-electron chi connectivity index (χ1n) is 8.20. The predicted molar refractivity (Wildman–Crippen MR) is 90.9 cm³/mol. The van der Waals surface area contributed by atoms with Crippen LogP contribution >= 0.6 is 0 Å². The maximum Gasteiger partial charge on any atom is 0.253 e. The molecule has 5 nitrogen and oxygen atoms in total. The van der Waals surface area contributed by atoms with Gasteiger partial charge in [-0.2, -0.15) is 0 Å². The normalized spacial score (nSPS) is 21.2. The van der Waals surface area contributed by atoms with Gasteiger partial charge < -0.3 is 15.2 Å². The Bertz CT molecular complexity index is 693. The number of piperidine rings is 1. The number of aromatic nitrogens is 2. The molecule has 1 amide bonds. The number of hydrogen-bond acceptors (Lipinski definition) is 3. The zero-order valence-electron chi connectivity index (χ0n) is 14.0. The third-order valence-electron chi connectivity index (χ3n) is 4.66. The number of amides is 1. The predicted octanol–water partition coefficient (Wildman–Crippen LogP) is 2.22. The molecular formula is C18H24N4O. The van der Waals surface area contributed by atoms with E-state index in [1.165, 1.54) is 0 Å². The van der Waals surface area contributed by atoms with Crippen LogP contribution in [0.3, 0.4) is 0 Å². The van der Waals surface area contributed by atoms with Gasteiger partial charge in [-0.3, -0.25) is 4.79 Å². The van der Waals surface area contributed by atoms with Crippen molar-refractivity contribution in [2.24, 2.45) is 5.92 Å². The number of nitrogens with zero attached hydrogens (tertiary/aromatic N) is 2. The Balaban J connectivity index is 1.85. The number of rotatable bonds is 3. The second-order valence-corrected chi connectivity index (χ2v) is 6.36. The second-order valence-electron chi connectivity index (χ2n) is 6.36. The Kier molecular flexibility index (Phi) is 4.48. The van der Waals surface area contributed by atoms with Gasteiger partial charge in [0.1, 0.15) is 5.82 Å². The van der Waals surface area contributed by atoms with Crippen LogP contribution in [-0.4, -0.2) is 34.6 Å². The Morgan fingerprint density at radius 3 is 2.91 bits per heavy atom. The lowest BCUT2D eigenvalue weighted by Crippen LogP contribution is -2.48. The monoisotopic (exact) mass is 312 g/mol. The fourth-order valence-electron chi connectivity index (χ4n) is 3.31. The first-order valence-corrected chi connectivity index (χ1v) is 8.20. The van der Waals surface area contributed by atoms with Crippen LogP contribution in [0.25, 0.3) is 5.82 Å². The van der Waals surface area contributed by atoms with Gasteiger partial charge in [0.25, 0.3) is 5.91 Å². The largest absolute Gasteiger partial charge is 0.349 e. The summed E-state index contributed by atoms with van der Waals surface area (Å²) >= 11 is 0. The smallest absolute Gasteiger partial charge is 0.253 e. The molecule has 1 aliphatic rings. The highest BCUT2D eigenvalue weighted by Crippen LogP contribution is 2.20. The minimum absolute atomic E-state index is 0.0130. The number of carbonyl (C=O) groups excluding carboxylic acids is 1. The number of nitrogens with one attached hydrogen (secondary N) is 2. The average molecular weight is 312 g/mol. The van der Waals surface area contributed by atoms with E-state index in [0.29, 0.717) is 5.92 Å². The van der Waals surface area contributed by atoms with Crippen molar-refractivity contribution >= 4 is 5.91 Å². The van der Waals surface area contributed by atoms with Crippen LogP contribution in [0.4, 0.5) is 0 Å². The highest BCUT2D eigenvalue weighted by Gasteiger charge is 2.25. The summed E-state index contributed by atoms with van der Waals surface area (Å²) in [4.78, 5) is 17.1. The molecule has 2 N–H and O–H groups in total. The van der Waals surface area contributed by atoms with Crippen LogP contribution < -0.4 is 10.6 Å². The molecule has 0 spiro atoms. The van der Waals surface area contributed by atoms with Crippen LogP contribution in [-0.2, 0) is 0 Å². The van der Waals surface area contributed by atoms with E-state index >= 15 is 0 Å². The fourth-order valence-corrected chi connectivity index (χ4v) is 3.31. The fraction of sp³-hybridized carbons (Fsp3) is 0.444. The van der Waals surface area contributed by atoms with Gasteiger partial charge in [0.15, 0.2) is 0 Å². The van der Waals surface area contributed by atoms with E-state index in [9.17, 15) is 4.79 Å². The van der Waals surface area contributed by atoms with E-state index in [2.05, 4.69) is 22.5 Å². The lowest BCUT2D eigenvalue weighted by Gasteiger charge is -2.30. The van der Waals surface area contributed by atoms with Crippen LogP contribution in [0.5, 0.6) is 0 Å². The van der Waals surface area contributed by atoms with Gasteiger partial charge in [0.2, 0.25) is 0 Å². The third kappa shape index (κ3) is 3.15. The van der Waals surface area contributed by atoms with Crippen LogP contribution in [0, 0.1) is 19.8 Å². The molecule has 1 saturated heterocycles. The minimum Gasteiger partial charge on any atom is -0.349 e. The lowest BCUT2D eigenvalue weighted by atomic mass is 9.95. The first kappa shape index (κ1) is 15.7. The van der Waals surface area contributed by atoms with Gasteiger partial charge in [-0.05, 0) is 57.5 Å². The van der Waals surface area contributed by atoms with E-state index in [-0.39, 0.29) is 11.9 Å². The van der Waals surface area contributed by atoms with Crippen LogP contribution in [0.15, 0.2) is 30.5 Å². The summed E-state index contributed by atoms with van der Waals surface area (Å²) in [5, 5.41) is 6.57. The molecule has 1 fully saturated rings. The van der Waals surface area contributed by atoms with Gasteiger partial charge in [0, 0.05) is 23.6 Å². The molecule has 1 aliphatic heterocycles. The van der Waals surface area contributed by atoms with Crippen LogP contribution in [0.2, 0.25) is 0 Å². The Labute approximate surface area is 137 Å². The van der Waals surface area contributed by atoms with Crippen molar-refractivity contribution in [2.45, 2.75) is 33.2 Å². The summed E-state index contributed by atoms with van der Waals surface area (Å²) < 4.78 is 2.03. The van der Waals surface area contributed by atoms with Crippen molar-refractivity contribution < 1.29 is 4.79 Å². The van der Waals surface area contributed by atoms with Gasteiger partial charge >= 0.3 is 0 Å². The highest BCUT2D eigenvalue weighted by atomic mass is 16.1. The van der Waals surface area contributed by atoms with Crippen molar-refractivity contribution in [1.82, 2.24) is 20.2 Å². The summed E-state index contributed by atoms with van der Waals surface area (Å²) in [6.45, 7) is 8.07. The van der Waals surface area contributed by atoms with Crippen molar-refractivity contribution in [3.63, 3.8) is 0 Å². The topological polar surface area (TPSA) is 59.0 Å². The molecule has 2 aromatic heterocycles. The summed E-state index contributed by atoms with van der Waals surface area (Å²) in [6, 6.07) is 7.99. The number of pyridine rings is 1. The Morgan fingerprint density at radius 1 is 1.39 bits per heavy atom. The van der Waals surface area contributed by atoms with Crippen molar-refractivity contribution in [3.8, 4) is 5.82 Å². The number of hydrogen-bond donors (Lipinski definition) is 2. The average Bonchev–Trinajstić information content (AvgIpc) is 2.85. The number of carbonyl (C=O) groups is 1. The van der Waals surface area contributed by atoms with E-state index in [4.69, 9.17) is 0 Å². The van der Waals surface area contributed by atoms with E-state index < -0.39 is 0 Å². The quantitative estimate of drug-likeness (QED) is 0.913. The molecule has 2 atom stereocenters. The van der Waals surface area contributed by atoms with E-state index in [0.717, 1.165) is 42.3 Å². The molecule has 2 unspecified atom stereocenters. The summed E-state index contributed by atoms with van der Waals surface area (Å²) in [7, 11) is 0. The molecule has 0 bridgehead atoms. The van der Waals surface area contributed by atoms with Crippen molar-refractivity contribution in [1.29, 1.82) is 0 Å². The van der Waals surface area contributed by atoms with Gasteiger partial charge in [0.05, 0.1) is 5.56 Å². The second kappa shape index (κ2) is 6.54. The summed E-state index contributed by atoms with van der Waals surface area (Å²) in [5.74, 6) is 1.31. The Morgan fingerprint density at radius 2 is 2.22 bits per heavy atom. The molecule has 0 aliphatic carbocycles. The summed E-state index contributed by atoms with van der Waals surface area (Å²) in [5.41, 5.74) is 2.68. The Hall–Kier alpha value is -2.14. The zero-order chi connectivity index (χ0) is 16.4. The lowest BCUT2D eigenvalue weighted by molar-refractivity contribution is 0.0913. The molecule has 3 rings (SSSR count). The van der Waals surface area contributed by atoms with Crippen molar-refractivity contribution in [2.75, 3.05) is 13.1 Å². The molecule has 23 heavy (non-hydrogen) atoms. The SMILES string of the molecule is Cc1cc(C(=O)NC2CCNCC2C)c(C)n1-c1ccccn1. The standard InChI is InChI=1S/C18H24N4O/c1-12-11-19-9-7-16(12)21-18(23)15-10-13(2)22(14(15)3)17-6-4-5-8-20-17/h4-6,8,10,12,16,19H,7,9,11H2,1-3H3,(H,21,23). The third-order valence-corrected chi connectivity index (χ3v) is 4.66. The molecule has 5 heteroatoms. The van der Waals surface area contributed by atoms with Gasteiger partial charge in [-0.15, -0.1) is 0 Å². The zero-order valence-corrected chi connectivity index (χ0v) is 14.0. The molecule has 2 aromatic rings. The maximum absolute atomic E-state index is 12.7. The minimum atomic E-state index is 0.0130. The van der Waals surface area contributed by atoms with Crippen molar-refractivity contribution in [3.05, 3.63) is 47.4 Å². The molecule has 0 saturated carbocycles. The van der Waals surface area contributed by atoms with E-state index in [1.807, 2.05) is 42.7 Å². The molecule has 3 heterocycles. The number of aryl methyl sites for hydroxylation is 1. The molecule has 122 valence electrons. The van der Waals surface area contributed by atoms with E-state index in [1.54, 1.807) is 6.20 Å². The first-order chi connectivity index (χ1) is 11.1. The van der Waals surface area contributed by atoms with Gasteiger partial charge in [-0.25, -0.2) is 4.98 Å². The molecular weight excluding hydrogens is 288 g/mol. The van der Waals surface area contributed by atoms with Crippen LogP contribution in [0.1, 0.15) is 35.1 Å². The highest BCUT2D eigenvalue weighted by molar-refractivity contribution is 5.96. The van der Waals surface area contributed by atoms with Gasteiger partial charge in [-0.1, -0.05) is 13.0 Å². The molecule has 0 aromatic carbocycles.